The van der Waals surface area contributed by atoms with Gasteiger partial charge in [0.1, 0.15) is 6.10 Å². The zero-order valence-corrected chi connectivity index (χ0v) is 13.0. The van der Waals surface area contributed by atoms with Crippen LogP contribution in [0.5, 0.6) is 0 Å². The third kappa shape index (κ3) is 5.19. The number of hydrogen-bond donors (Lipinski definition) is 2. The molecule has 0 aromatic rings. The van der Waals surface area contributed by atoms with Crippen LogP contribution in [0.15, 0.2) is 0 Å². The third-order valence-corrected chi connectivity index (χ3v) is 7.76. The van der Waals surface area contributed by atoms with Gasteiger partial charge in [-0.15, -0.1) is 0 Å². The first-order chi connectivity index (χ1) is 7.65. The van der Waals surface area contributed by atoms with Crippen molar-refractivity contribution in [2.45, 2.75) is 58.4 Å². The quantitative estimate of drug-likeness (QED) is 0.718. The highest BCUT2D eigenvalue weighted by Crippen LogP contribution is 2.37. The number of hydrogen-bond acceptors (Lipinski definition) is 3. The minimum absolute atomic E-state index is 0.0313. The molecular weight excluding hydrogens is 234 g/mol. The van der Waals surface area contributed by atoms with E-state index in [1.807, 2.05) is 6.92 Å². The van der Waals surface area contributed by atoms with Crippen LogP contribution in [-0.2, 0) is 9.22 Å². The van der Waals surface area contributed by atoms with Crippen molar-refractivity contribution in [3.8, 4) is 0 Å². The number of aliphatic hydroxyl groups is 1. The van der Waals surface area contributed by atoms with Crippen molar-refractivity contribution in [1.29, 1.82) is 0 Å². The molecule has 0 aliphatic carbocycles. The van der Waals surface area contributed by atoms with Crippen LogP contribution in [-0.4, -0.2) is 38.6 Å². The standard InChI is InChI=1S/C12H27NO3Si/c1-7-13-11(15)10(8-9-14)16-17(5,6)12(2,3)4/h10,14H,7-9H2,1-6H3,(H,13,15). The number of carbonyl (C=O) groups excluding carboxylic acids is 1. The zero-order chi connectivity index (χ0) is 13.7. The number of likely N-dealkylation sites (N-methyl/N-ethyl adjacent to an activating group) is 1. The molecule has 0 radical (unpaired) electrons. The number of nitrogens with one attached hydrogen (secondary N) is 1. The molecule has 0 spiro atoms. The summed E-state index contributed by atoms with van der Waals surface area (Å²) in [6.45, 7) is 13.0. The number of amides is 1. The number of carbonyl (C=O) groups is 1. The Balaban J connectivity index is 4.70. The average molecular weight is 261 g/mol. The van der Waals surface area contributed by atoms with Crippen LogP contribution in [0, 0.1) is 0 Å². The molecule has 0 aromatic carbocycles. The van der Waals surface area contributed by atoms with Gasteiger partial charge in [-0.2, -0.15) is 0 Å². The molecule has 0 heterocycles. The van der Waals surface area contributed by atoms with Gasteiger partial charge in [0.15, 0.2) is 8.32 Å². The molecule has 2 N–H and O–H groups in total. The molecule has 0 aliphatic heterocycles. The lowest BCUT2D eigenvalue weighted by Crippen LogP contribution is -2.48. The summed E-state index contributed by atoms with van der Waals surface area (Å²) >= 11 is 0. The van der Waals surface area contributed by atoms with Crippen molar-refractivity contribution in [2.24, 2.45) is 0 Å². The highest BCUT2D eigenvalue weighted by molar-refractivity contribution is 6.74. The van der Waals surface area contributed by atoms with Crippen LogP contribution in [0.4, 0.5) is 0 Å². The Kier molecular flexibility index (Phi) is 6.36. The van der Waals surface area contributed by atoms with Crippen molar-refractivity contribution >= 4 is 14.2 Å². The van der Waals surface area contributed by atoms with Gasteiger partial charge in [0, 0.05) is 19.6 Å². The zero-order valence-electron chi connectivity index (χ0n) is 12.0. The molecule has 1 amide bonds. The van der Waals surface area contributed by atoms with Crippen LogP contribution in [0.3, 0.4) is 0 Å². The third-order valence-electron chi connectivity index (χ3n) is 3.28. The highest BCUT2D eigenvalue weighted by Gasteiger charge is 2.40. The average Bonchev–Trinajstić information content (AvgIpc) is 2.15. The summed E-state index contributed by atoms with van der Waals surface area (Å²) in [4.78, 5) is 11.8. The van der Waals surface area contributed by atoms with Gasteiger partial charge in [0.2, 0.25) is 5.91 Å². The maximum absolute atomic E-state index is 11.8. The summed E-state index contributed by atoms with van der Waals surface area (Å²) in [5.41, 5.74) is 0. The van der Waals surface area contributed by atoms with Crippen LogP contribution in [0.2, 0.25) is 18.1 Å². The molecule has 0 saturated carbocycles. The van der Waals surface area contributed by atoms with E-state index in [0.29, 0.717) is 13.0 Å². The first-order valence-corrected chi connectivity index (χ1v) is 9.13. The summed E-state index contributed by atoms with van der Waals surface area (Å²) < 4.78 is 6.02. The van der Waals surface area contributed by atoms with E-state index in [1.54, 1.807) is 0 Å². The second kappa shape index (κ2) is 6.52. The van der Waals surface area contributed by atoms with Gasteiger partial charge >= 0.3 is 0 Å². The van der Waals surface area contributed by atoms with Gasteiger partial charge in [0.25, 0.3) is 0 Å². The van der Waals surface area contributed by atoms with Gasteiger partial charge in [-0.1, -0.05) is 20.8 Å². The molecule has 0 fully saturated rings. The fourth-order valence-electron chi connectivity index (χ4n) is 1.18. The Bertz CT molecular complexity index is 249. The molecule has 0 saturated heterocycles. The van der Waals surface area contributed by atoms with Gasteiger partial charge in [-0.05, 0) is 25.1 Å². The smallest absolute Gasteiger partial charge is 0.247 e. The Morgan fingerprint density at radius 1 is 1.41 bits per heavy atom. The normalized spacial score (nSPS) is 14.5. The molecule has 5 heteroatoms. The van der Waals surface area contributed by atoms with Crippen molar-refractivity contribution in [1.82, 2.24) is 5.32 Å². The molecule has 0 bridgehead atoms. The van der Waals surface area contributed by atoms with Gasteiger partial charge in [0.05, 0.1) is 0 Å². The van der Waals surface area contributed by atoms with Crippen molar-refractivity contribution in [3.05, 3.63) is 0 Å². The highest BCUT2D eigenvalue weighted by atomic mass is 28.4. The largest absolute Gasteiger partial charge is 0.405 e. The van der Waals surface area contributed by atoms with Crippen LogP contribution >= 0.6 is 0 Å². The molecule has 4 nitrogen and oxygen atoms in total. The Labute approximate surface area is 106 Å². The monoisotopic (exact) mass is 261 g/mol. The van der Waals surface area contributed by atoms with Crippen LogP contribution in [0.25, 0.3) is 0 Å². The predicted octanol–water partition coefficient (Wildman–Crippen LogP) is 1.90. The van der Waals surface area contributed by atoms with Crippen molar-refractivity contribution in [3.63, 3.8) is 0 Å². The second-order valence-electron chi connectivity index (χ2n) is 5.77. The maximum atomic E-state index is 11.8. The lowest BCUT2D eigenvalue weighted by molar-refractivity contribution is -0.129. The van der Waals surface area contributed by atoms with Crippen LogP contribution in [0.1, 0.15) is 34.1 Å². The molecule has 102 valence electrons. The van der Waals surface area contributed by atoms with E-state index >= 15 is 0 Å². The van der Waals surface area contributed by atoms with E-state index in [-0.39, 0.29) is 17.6 Å². The van der Waals surface area contributed by atoms with Crippen molar-refractivity contribution < 1.29 is 14.3 Å². The molecule has 0 aliphatic rings. The molecule has 17 heavy (non-hydrogen) atoms. The first kappa shape index (κ1) is 16.6. The summed E-state index contributed by atoms with van der Waals surface area (Å²) in [6.07, 6.45) is -0.168. The van der Waals surface area contributed by atoms with Crippen LogP contribution < -0.4 is 5.32 Å². The SMILES string of the molecule is CCNC(=O)C(CCO)O[Si](C)(C)C(C)(C)C. The summed E-state index contributed by atoms with van der Waals surface area (Å²) in [5, 5.41) is 11.8. The minimum Gasteiger partial charge on any atom is -0.405 e. The Morgan fingerprint density at radius 3 is 2.29 bits per heavy atom. The molecule has 0 aromatic heterocycles. The lowest BCUT2D eigenvalue weighted by Gasteiger charge is -2.38. The van der Waals surface area contributed by atoms with E-state index in [4.69, 9.17) is 9.53 Å². The minimum atomic E-state index is -1.97. The van der Waals surface area contributed by atoms with E-state index in [9.17, 15) is 4.79 Å². The van der Waals surface area contributed by atoms with E-state index in [2.05, 4.69) is 39.2 Å². The Morgan fingerprint density at radius 2 is 1.94 bits per heavy atom. The fraction of sp³-hybridized carbons (Fsp3) is 0.917. The first-order valence-electron chi connectivity index (χ1n) is 6.22. The van der Waals surface area contributed by atoms with E-state index in [1.165, 1.54) is 0 Å². The lowest BCUT2D eigenvalue weighted by atomic mass is 10.2. The van der Waals surface area contributed by atoms with Gasteiger partial charge in [-0.25, -0.2) is 0 Å². The molecule has 1 atom stereocenters. The summed E-state index contributed by atoms with van der Waals surface area (Å²) in [5.74, 6) is -0.119. The van der Waals surface area contributed by atoms with Gasteiger partial charge < -0.3 is 14.8 Å². The maximum Gasteiger partial charge on any atom is 0.247 e. The van der Waals surface area contributed by atoms with Crippen molar-refractivity contribution in [2.75, 3.05) is 13.2 Å². The van der Waals surface area contributed by atoms with E-state index < -0.39 is 14.4 Å². The predicted molar refractivity (Wildman–Crippen MR) is 72.5 cm³/mol. The molecular formula is C12H27NO3Si. The van der Waals surface area contributed by atoms with Gasteiger partial charge in [-0.3, -0.25) is 4.79 Å². The summed E-state index contributed by atoms with van der Waals surface area (Å²) in [7, 11) is -1.97. The Hall–Kier alpha value is -0.393. The molecule has 1 unspecified atom stereocenters. The number of aliphatic hydroxyl groups excluding tert-OH is 1. The second-order valence-corrected chi connectivity index (χ2v) is 10.5. The molecule has 0 rings (SSSR count). The number of rotatable bonds is 6. The summed E-state index contributed by atoms with van der Waals surface area (Å²) in [6, 6.07) is 0. The topological polar surface area (TPSA) is 58.6 Å². The fourth-order valence-corrected chi connectivity index (χ4v) is 2.47. The van der Waals surface area contributed by atoms with E-state index in [0.717, 1.165) is 0 Å².